The third kappa shape index (κ3) is 4.20. The van der Waals surface area contributed by atoms with Crippen molar-refractivity contribution in [3.05, 3.63) is 21.3 Å². The van der Waals surface area contributed by atoms with E-state index >= 15 is 0 Å². The van der Waals surface area contributed by atoms with E-state index < -0.39 is 0 Å². The average molecular weight is 247 g/mol. The lowest BCUT2D eigenvalue weighted by Crippen LogP contribution is -2.32. The molecule has 0 aliphatic rings. The van der Waals surface area contributed by atoms with Crippen molar-refractivity contribution >= 4 is 28.8 Å². The number of nitrogens with two attached hydrogens (primary N) is 1. The molecule has 15 heavy (non-hydrogen) atoms. The van der Waals surface area contributed by atoms with Crippen LogP contribution in [0.1, 0.15) is 31.2 Å². The molecular formula is C10H15ClN2OS. The predicted octanol–water partition coefficient (Wildman–Crippen LogP) is 2.32. The van der Waals surface area contributed by atoms with Gasteiger partial charge in [-0.3, -0.25) is 4.79 Å². The molecule has 1 rings (SSSR count). The number of carbonyl (C=O) groups is 1. The zero-order chi connectivity index (χ0) is 11.4. The van der Waals surface area contributed by atoms with E-state index in [9.17, 15) is 4.79 Å². The van der Waals surface area contributed by atoms with E-state index in [1.165, 1.54) is 0 Å². The van der Waals surface area contributed by atoms with Gasteiger partial charge in [0, 0.05) is 23.4 Å². The molecule has 0 aliphatic carbocycles. The lowest BCUT2D eigenvalue weighted by molar-refractivity contribution is -0.118. The normalized spacial score (nSPS) is 14.9. The molecule has 1 amide bonds. The Kier molecular flexibility index (Phi) is 4.57. The van der Waals surface area contributed by atoms with Crippen LogP contribution in [0.25, 0.3) is 0 Å². The molecule has 84 valence electrons. The van der Waals surface area contributed by atoms with E-state index in [-0.39, 0.29) is 18.0 Å². The molecule has 0 bridgehead atoms. The highest BCUT2D eigenvalue weighted by Crippen LogP contribution is 2.26. The molecule has 1 aromatic heterocycles. The van der Waals surface area contributed by atoms with Gasteiger partial charge in [-0.1, -0.05) is 11.6 Å². The van der Waals surface area contributed by atoms with E-state index in [0.717, 1.165) is 9.21 Å². The third-order valence-electron chi connectivity index (χ3n) is 2.06. The summed E-state index contributed by atoms with van der Waals surface area (Å²) >= 11 is 7.39. The van der Waals surface area contributed by atoms with E-state index in [0.29, 0.717) is 6.42 Å². The summed E-state index contributed by atoms with van der Waals surface area (Å²) in [5, 5.41) is 3.29. The summed E-state index contributed by atoms with van der Waals surface area (Å²) in [4.78, 5) is 11.9. The zero-order valence-corrected chi connectivity index (χ0v) is 10.4. The summed E-state index contributed by atoms with van der Waals surface area (Å²) < 4.78 is 0.779. The third-order valence-corrected chi connectivity index (χ3v) is 3.48. The van der Waals surface area contributed by atoms with Crippen LogP contribution in [0.5, 0.6) is 0 Å². The minimum atomic E-state index is -0.286. The molecule has 5 heteroatoms. The van der Waals surface area contributed by atoms with Crippen LogP contribution < -0.4 is 11.1 Å². The van der Waals surface area contributed by atoms with Crippen molar-refractivity contribution in [2.45, 2.75) is 32.4 Å². The molecule has 0 saturated carbocycles. The van der Waals surface area contributed by atoms with Crippen molar-refractivity contribution < 1.29 is 4.79 Å². The van der Waals surface area contributed by atoms with Crippen LogP contribution >= 0.6 is 22.9 Å². The second-order valence-corrected chi connectivity index (χ2v) is 5.35. The van der Waals surface area contributed by atoms with Crippen molar-refractivity contribution in [1.29, 1.82) is 0 Å². The molecule has 0 radical (unpaired) electrons. The summed E-state index contributed by atoms with van der Waals surface area (Å²) in [6.07, 6.45) is 0.351. The van der Waals surface area contributed by atoms with Crippen LogP contribution in [0.2, 0.25) is 4.34 Å². The summed E-state index contributed by atoms with van der Waals surface area (Å²) in [5.74, 6) is -0.286. The van der Waals surface area contributed by atoms with Gasteiger partial charge in [0.1, 0.15) is 0 Å². The van der Waals surface area contributed by atoms with Gasteiger partial charge < -0.3 is 11.1 Å². The smallest absolute Gasteiger partial charge is 0.218 e. The highest BCUT2D eigenvalue weighted by molar-refractivity contribution is 7.16. The Morgan fingerprint density at radius 3 is 2.73 bits per heavy atom. The molecule has 2 unspecified atom stereocenters. The Hall–Kier alpha value is -0.580. The predicted molar refractivity (Wildman–Crippen MR) is 64.2 cm³/mol. The fraction of sp³-hybridized carbons (Fsp3) is 0.500. The summed E-state index contributed by atoms with van der Waals surface area (Å²) in [6.45, 7) is 3.98. The maximum absolute atomic E-state index is 10.7. The van der Waals surface area contributed by atoms with Crippen LogP contribution in [0.4, 0.5) is 0 Å². The molecule has 2 atom stereocenters. The number of nitrogens with one attached hydrogen (secondary N) is 1. The molecule has 1 aromatic rings. The first-order valence-corrected chi connectivity index (χ1v) is 5.98. The molecule has 0 fully saturated rings. The Morgan fingerprint density at radius 1 is 1.60 bits per heavy atom. The Balaban J connectivity index is 2.48. The van der Waals surface area contributed by atoms with Gasteiger partial charge in [0.2, 0.25) is 5.91 Å². The second-order valence-electron chi connectivity index (χ2n) is 3.60. The Morgan fingerprint density at radius 2 is 2.27 bits per heavy atom. The van der Waals surface area contributed by atoms with Crippen molar-refractivity contribution in [3.63, 3.8) is 0 Å². The summed E-state index contributed by atoms with van der Waals surface area (Å²) in [5.41, 5.74) is 5.11. The van der Waals surface area contributed by atoms with Gasteiger partial charge in [0.15, 0.2) is 0 Å². The van der Waals surface area contributed by atoms with E-state index in [1.807, 2.05) is 26.0 Å². The molecule has 0 aromatic carbocycles. The molecule has 1 heterocycles. The number of halogens is 1. The van der Waals surface area contributed by atoms with Crippen molar-refractivity contribution in [3.8, 4) is 0 Å². The van der Waals surface area contributed by atoms with Crippen LogP contribution in [0.3, 0.4) is 0 Å². The first-order chi connectivity index (χ1) is 6.99. The first-order valence-electron chi connectivity index (χ1n) is 4.78. The van der Waals surface area contributed by atoms with Crippen molar-refractivity contribution in [2.24, 2.45) is 5.73 Å². The number of amides is 1. The van der Waals surface area contributed by atoms with Crippen molar-refractivity contribution in [1.82, 2.24) is 5.32 Å². The maximum Gasteiger partial charge on any atom is 0.218 e. The number of primary amides is 1. The first kappa shape index (κ1) is 12.5. The van der Waals surface area contributed by atoms with Gasteiger partial charge in [-0.05, 0) is 26.0 Å². The fourth-order valence-corrected chi connectivity index (χ4v) is 2.50. The topological polar surface area (TPSA) is 55.1 Å². The average Bonchev–Trinajstić information content (AvgIpc) is 2.49. The fourth-order valence-electron chi connectivity index (χ4n) is 1.43. The molecule has 0 saturated heterocycles. The van der Waals surface area contributed by atoms with E-state index in [1.54, 1.807) is 11.3 Å². The van der Waals surface area contributed by atoms with Crippen molar-refractivity contribution in [2.75, 3.05) is 0 Å². The molecular weight excluding hydrogens is 232 g/mol. The molecule has 0 spiro atoms. The standard InChI is InChI=1S/C10H15ClN2OS/c1-6(5-10(12)14)13-7(2)8-3-4-9(11)15-8/h3-4,6-7,13H,5H2,1-2H3,(H2,12,14). The van der Waals surface area contributed by atoms with Gasteiger partial charge in [-0.25, -0.2) is 0 Å². The van der Waals surface area contributed by atoms with Gasteiger partial charge in [0.25, 0.3) is 0 Å². The van der Waals surface area contributed by atoms with Gasteiger partial charge >= 0.3 is 0 Å². The SMILES string of the molecule is CC(CC(N)=O)NC(C)c1ccc(Cl)s1. The van der Waals surface area contributed by atoms with E-state index in [2.05, 4.69) is 5.32 Å². The Bertz CT molecular complexity index is 340. The van der Waals surface area contributed by atoms with E-state index in [4.69, 9.17) is 17.3 Å². The minimum absolute atomic E-state index is 0.0818. The lowest BCUT2D eigenvalue weighted by atomic mass is 10.2. The maximum atomic E-state index is 10.7. The van der Waals surface area contributed by atoms with Crippen LogP contribution in [-0.2, 0) is 4.79 Å². The largest absolute Gasteiger partial charge is 0.370 e. The summed E-state index contributed by atoms with van der Waals surface area (Å²) in [6, 6.07) is 4.13. The van der Waals surface area contributed by atoms with Crippen LogP contribution in [0.15, 0.2) is 12.1 Å². The second kappa shape index (κ2) is 5.49. The Labute approximate surface area is 98.6 Å². The minimum Gasteiger partial charge on any atom is -0.370 e. The summed E-state index contributed by atoms with van der Waals surface area (Å²) in [7, 11) is 0. The number of thiophene rings is 1. The highest BCUT2D eigenvalue weighted by atomic mass is 35.5. The molecule has 3 N–H and O–H groups in total. The number of rotatable bonds is 5. The van der Waals surface area contributed by atoms with Crippen LogP contribution in [0, 0.1) is 0 Å². The quantitative estimate of drug-likeness (QED) is 0.838. The highest BCUT2D eigenvalue weighted by Gasteiger charge is 2.12. The molecule has 0 aliphatic heterocycles. The number of hydrogen-bond acceptors (Lipinski definition) is 3. The monoisotopic (exact) mass is 246 g/mol. The van der Waals surface area contributed by atoms with Crippen LogP contribution in [-0.4, -0.2) is 11.9 Å². The van der Waals surface area contributed by atoms with Gasteiger partial charge in [-0.15, -0.1) is 11.3 Å². The van der Waals surface area contributed by atoms with Gasteiger partial charge in [0.05, 0.1) is 4.34 Å². The van der Waals surface area contributed by atoms with Gasteiger partial charge in [-0.2, -0.15) is 0 Å². The number of carbonyl (C=O) groups excluding carboxylic acids is 1. The number of hydrogen-bond donors (Lipinski definition) is 2. The molecule has 3 nitrogen and oxygen atoms in total. The zero-order valence-electron chi connectivity index (χ0n) is 8.79. The lowest BCUT2D eigenvalue weighted by Gasteiger charge is -2.17.